The lowest BCUT2D eigenvalue weighted by Crippen LogP contribution is -2.20. The zero-order valence-corrected chi connectivity index (χ0v) is 12.0. The third kappa shape index (κ3) is 3.22. The number of thiophene rings is 1. The van der Waals surface area contributed by atoms with Gasteiger partial charge in [0.15, 0.2) is 5.78 Å². The fraction of sp³-hybridized carbons (Fsp3) is 0.125. The predicted octanol–water partition coefficient (Wildman–Crippen LogP) is 2.62. The molecule has 0 unspecified atom stereocenters. The van der Waals surface area contributed by atoms with Crippen LogP contribution in [0.5, 0.6) is 0 Å². The molecule has 0 radical (unpaired) electrons. The summed E-state index contributed by atoms with van der Waals surface area (Å²) in [7, 11) is 0. The molecule has 1 heterocycles. The summed E-state index contributed by atoms with van der Waals surface area (Å²) in [6.07, 6.45) is 3.22. The van der Waals surface area contributed by atoms with Crippen LogP contribution in [-0.2, 0) is 0 Å². The lowest BCUT2D eigenvalue weighted by atomic mass is 10.0. The lowest BCUT2D eigenvalue weighted by molar-refractivity contribution is -0.254. The smallest absolute Gasteiger partial charge is 0.195 e. The van der Waals surface area contributed by atoms with Gasteiger partial charge in [-0.1, -0.05) is 29.8 Å². The summed E-state index contributed by atoms with van der Waals surface area (Å²) < 4.78 is 0. The molecule has 1 aromatic carbocycles. The van der Waals surface area contributed by atoms with Crippen molar-refractivity contribution in [1.82, 2.24) is 0 Å². The molecule has 3 nitrogen and oxygen atoms in total. The third-order valence-corrected chi connectivity index (χ3v) is 3.98. The van der Waals surface area contributed by atoms with Crippen LogP contribution in [0, 0.1) is 13.8 Å². The molecule has 4 heteroatoms. The number of aryl methyl sites for hydroxylation is 2. The van der Waals surface area contributed by atoms with Crippen molar-refractivity contribution in [3.05, 3.63) is 62.9 Å². The number of benzene rings is 1. The van der Waals surface area contributed by atoms with Crippen molar-refractivity contribution in [2.75, 3.05) is 0 Å². The van der Waals surface area contributed by atoms with Crippen LogP contribution in [0.3, 0.4) is 0 Å². The minimum atomic E-state index is -1.26. The normalized spacial score (nSPS) is 10.9. The van der Waals surface area contributed by atoms with Crippen molar-refractivity contribution in [2.45, 2.75) is 13.8 Å². The highest BCUT2D eigenvalue weighted by Gasteiger charge is 2.07. The van der Waals surface area contributed by atoms with Gasteiger partial charge in [0, 0.05) is 0 Å². The molecule has 2 rings (SSSR count). The van der Waals surface area contributed by atoms with E-state index < -0.39 is 5.97 Å². The first-order valence-corrected chi connectivity index (χ1v) is 6.90. The van der Waals surface area contributed by atoms with Crippen molar-refractivity contribution < 1.29 is 14.7 Å². The van der Waals surface area contributed by atoms with E-state index in [0.29, 0.717) is 4.88 Å². The van der Waals surface area contributed by atoms with Crippen LogP contribution in [0.2, 0.25) is 0 Å². The van der Waals surface area contributed by atoms with E-state index in [1.165, 1.54) is 18.2 Å². The fourth-order valence-corrected chi connectivity index (χ4v) is 2.53. The molecular weight excluding hydrogens is 272 g/mol. The maximum Gasteiger partial charge on any atom is 0.195 e. The van der Waals surface area contributed by atoms with E-state index in [1.807, 2.05) is 32.0 Å². The summed E-state index contributed by atoms with van der Waals surface area (Å²) in [4.78, 5) is 23.1. The van der Waals surface area contributed by atoms with Crippen LogP contribution in [0.4, 0.5) is 0 Å². The van der Waals surface area contributed by atoms with Gasteiger partial charge in [0.1, 0.15) is 0 Å². The zero-order chi connectivity index (χ0) is 14.7. The van der Waals surface area contributed by atoms with E-state index in [1.54, 1.807) is 6.08 Å². The SMILES string of the molecule is Cc1ccc(C)c(/C=C/C(=O)c2ccc(C(=O)[O-])s2)c1. The van der Waals surface area contributed by atoms with Gasteiger partial charge in [0.25, 0.3) is 0 Å². The van der Waals surface area contributed by atoms with E-state index >= 15 is 0 Å². The Bertz CT molecular complexity index is 695. The van der Waals surface area contributed by atoms with Crippen LogP contribution in [0.1, 0.15) is 36.0 Å². The summed E-state index contributed by atoms with van der Waals surface area (Å²) in [6.45, 7) is 3.97. The quantitative estimate of drug-likeness (QED) is 0.641. The van der Waals surface area contributed by atoms with Crippen LogP contribution in [-0.4, -0.2) is 11.8 Å². The zero-order valence-electron chi connectivity index (χ0n) is 11.2. The maximum atomic E-state index is 12.0. The number of carboxylic acid groups (broad SMARTS) is 1. The van der Waals surface area contributed by atoms with Gasteiger partial charge < -0.3 is 9.90 Å². The number of carbonyl (C=O) groups is 2. The van der Waals surface area contributed by atoms with Gasteiger partial charge in [0.2, 0.25) is 0 Å². The van der Waals surface area contributed by atoms with Crippen LogP contribution in [0.15, 0.2) is 36.4 Å². The molecule has 20 heavy (non-hydrogen) atoms. The molecule has 0 aliphatic heterocycles. The standard InChI is InChI=1S/C16H14O3S/c1-10-3-4-11(2)12(9-10)5-6-13(17)14-7-8-15(20-14)16(18)19/h3-9H,1-2H3,(H,18,19)/p-1/b6-5+. The topological polar surface area (TPSA) is 57.2 Å². The van der Waals surface area contributed by atoms with Gasteiger partial charge in [-0.2, -0.15) is 0 Å². The second kappa shape index (κ2) is 5.84. The van der Waals surface area contributed by atoms with Gasteiger partial charge in [-0.05, 0) is 43.2 Å². The molecule has 0 bridgehead atoms. The molecule has 2 aromatic rings. The molecule has 1 aromatic heterocycles. The molecule has 0 atom stereocenters. The van der Waals surface area contributed by atoms with Gasteiger partial charge in [-0.25, -0.2) is 0 Å². The number of carbonyl (C=O) groups excluding carboxylic acids is 2. The average Bonchev–Trinajstić information content (AvgIpc) is 2.89. The number of hydrogen-bond donors (Lipinski definition) is 0. The van der Waals surface area contributed by atoms with Crippen LogP contribution in [0.25, 0.3) is 6.08 Å². The lowest BCUT2D eigenvalue weighted by Gasteiger charge is -2.01. The molecule has 0 amide bonds. The molecule has 102 valence electrons. The number of rotatable bonds is 4. The minimum Gasteiger partial charge on any atom is -0.544 e. The molecule has 0 spiro atoms. The summed E-state index contributed by atoms with van der Waals surface area (Å²) in [5, 5.41) is 10.7. The van der Waals surface area contributed by atoms with E-state index in [9.17, 15) is 14.7 Å². The molecule has 0 saturated heterocycles. The predicted molar refractivity (Wildman–Crippen MR) is 77.9 cm³/mol. The molecule has 0 aliphatic carbocycles. The first-order valence-electron chi connectivity index (χ1n) is 6.08. The maximum absolute atomic E-state index is 12.0. The van der Waals surface area contributed by atoms with Crippen LogP contribution >= 0.6 is 11.3 Å². The number of ketones is 1. The third-order valence-electron chi connectivity index (χ3n) is 2.90. The second-order valence-electron chi connectivity index (χ2n) is 4.51. The minimum absolute atomic E-state index is 0.0634. The van der Waals surface area contributed by atoms with Crippen molar-refractivity contribution >= 4 is 29.2 Å². The molecule has 0 N–H and O–H groups in total. The van der Waals surface area contributed by atoms with Gasteiger partial charge >= 0.3 is 0 Å². The molecule has 0 saturated carbocycles. The Hall–Kier alpha value is -2.20. The van der Waals surface area contributed by atoms with Gasteiger partial charge in [-0.15, -0.1) is 11.3 Å². The number of allylic oxidation sites excluding steroid dienone is 1. The van der Waals surface area contributed by atoms with Crippen molar-refractivity contribution in [1.29, 1.82) is 0 Å². The Kier molecular flexibility index (Phi) is 4.15. The highest BCUT2D eigenvalue weighted by molar-refractivity contribution is 7.16. The summed E-state index contributed by atoms with van der Waals surface area (Å²) in [5.74, 6) is -1.46. The number of carboxylic acids is 1. The molecular formula is C16H13O3S-. The second-order valence-corrected chi connectivity index (χ2v) is 5.59. The van der Waals surface area contributed by atoms with Crippen molar-refractivity contribution in [3.8, 4) is 0 Å². The average molecular weight is 285 g/mol. The Balaban J connectivity index is 2.20. The highest BCUT2D eigenvalue weighted by Crippen LogP contribution is 2.18. The summed E-state index contributed by atoms with van der Waals surface area (Å²) in [5.41, 5.74) is 3.19. The summed E-state index contributed by atoms with van der Waals surface area (Å²) >= 11 is 0.929. The summed E-state index contributed by atoms with van der Waals surface area (Å²) in [6, 6.07) is 8.91. The Morgan fingerprint density at radius 2 is 1.80 bits per heavy atom. The number of hydrogen-bond acceptors (Lipinski definition) is 4. The molecule has 0 fully saturated rings. The first-order chi connectivity index (χ1) is 9.47. The fourth-order valence-electron chi connectivity index (χ4n) is 1.77. The first kappa shape index (κ1) is 14.2. The Morgan fingerprint density at radius 1 is 1.10 bits per heavy atom. The van der Waals surface area contributed by atoms with E-state index in [4.69, 9.17) is 0 Å². The van der Waals surface area contributed by atoms with E-state index in [2.05, 4.69) is 0 Å². The van der Waals surface area contributed by atoms with Crippen molar-refractivity contribution in [3.63, 3.8) is 0 Å². The van der Waals surface area contributed by atoms with Crippen molar-refractivity contribution in [2.24, 2.45) is 0 Å². The largest absolute Gasteiger partial charge is 0.544 e. The highest BCUT2D eigenvalue weighted by atomic mass is 32.1. The van der Waals surface area contributed by atoms with Gasteiger partial charge in [0.05, 0.1) is 15.7 Å². The van der Waals surface area contributed by atoms with E-state index in [-0.39, 0.29) is 10.7 Å². The van der Waals surface area contributed by atoms with Gasteiger partial charge in [-0.3, -0.25) is 4.79 Å². The Morgan fingerprint density at radius 3 is 2.45 bits per heavy atom. The Labute approximate surface area is 121 Å². The van der Waals surface area contributed by atoms with E-state index in [0.717, 1.165) is 28.0 Å². The number of aromatic carboxylic acids is 1. The molecule has 0 aliphatic rings. The monoisotopic (exact) mass is 285 g/mol. The van der Waals surface area contributed by atoms with Crippen LogP contribution < -0.4 is 5.11 Å².